The van der Waals surface area contributed by atoms with E-state index in [0.29, 0.717) is 12.1 Å². The molecule has 5 rings (SSSR count). The number of pyridine rings is 1. The number of rotatable bonds is 4. The molecule has 1 aromatic heterocycles. The minimum absolute atomic E-state index is 0.00589. The van der Waals surface area contributed by atoms with Crippen LogP contribution in [0.1, 0.15) is 29.3 Å². The molecule has 158 valence electrons. The van der Waals surface area contributed by atoms with Crippen molar-refractivity contribution in [3.8, 4) is 0 Å². The number of nitrogens with one attached hydrogen (secondary N) is 2. The number of ketones is 1. The topological polar surface area (TPSA) is 89.9 Å². The Morgan fingerprint density at radius 2 is 2.16 bits per heavy atom. The van der Waals surface area contributed by atoms with Crippen LogP contribution in [0.3, 0.4) is 0 Å². The lowest BCUT2D eigenvalue weighted by Crippen LogP contribution is -2.37. The van der Waals surface area contributed by atoms with Crippen LogP contribution in [0.4, 0.5) is 11.4 Å². The summed E-state index contributed by atoms with van der Waals surface area (Å²) in [6, 6.07) is 9.98. The highest BCUT2D eigenvalue weighted by Crippen LogP contribution is 2.34. The maximum atomic E-state index is 12.7. The van der Waals surface area contributed by atoms with E-state index in [1.807, 2.05) is 0 Å². The summed E-state index contributed by atoms with van der Waals surface area (Å²) in [6.45, 7) is 4.66. The van der Waals surface area contributed by atoms with Gasteiger partial charge in [-0.25, -0.2) is 0 Å². The number of hydrogen-bond acceptors (Lipinski definition) is 7. The number of aromatic nitrogens is 1. The first-order valence-electron chi connectivity index (χ1n) is 10.5. The van der Waals surface area contributed by atoms with E-state index < -0.39 is 0 Å². The molecule has 1 atom stereocenters. The van der Waals surface area contributed by atoms with Crippen molar-refractivity contribution in [3.05, 3.63) is 65.7 Å². The van der Waals surface area contributed by atoms with Gasteiger partial charge in [-0.05, 0) is 36.8 Å². The molecule has 0 saturated carbocycles. The molecule has 4 heterocycles. The summed E-state index contributed by atoms with van der Waals surface area (Å²) in [6.07, 6.45) is 5.78. The molecule has 8 nitrogen and oxygen atoms in total. The lowest BCUT2D eigenvalue weighted by molar-refractivity contribution is -0.119. The second-order valence-electron chi connectivity index (χ2n) is 7.98. The third kappa shape index (κ3) is 3.76. The molecule has 2 N–H and O–H groups in total. The minimum Gasteiger partial charge on any atom is -0.369 e. The van der Waals surface area contributed by atoms with Gasteiger partial charge in [-0.3, -0.25) is 19.6 Å². The number of benzene rings is 1. The number of amides is 1. The van der Waals surface area contributed by atoms with Gasteiger partial charge < -0.3 is 20.4 Å². The van der Waals surface area contributed by atoms with Crippen LogP contribution in [0, 0.1) is 0 Å². The monoisotopic (exact) mass is 416 g/mol. The highest BCUT2D eigenvalue weighted by Gasteiger charge is 2.31. The van der Waals surface area contributed by atoms with Gasteiger partial charge in [0, 0.05) is 67.9 Å². The van der Waals surface area contributed by atoms with Crippen molar-refractivity contribution in [2.75, 3.05) is 36.4 Å². The van der Waals surface area contributed by atoms with E-state index in [1.54, 1.807) is 37.5 Å². The Morgan fingerprint density at radius 3 is 2.97 bits per heavy atom. The minimum atomic E-state index is -0.0980. The molecule has 2 aromatic rings. The Bertz CT molecular complexity index is 1090. The first-order valence-corrected chi connectivity index (χ1v) is 10.5. The van der Waals surface area contributed by atoms with Crippen LogP contribution in [0.5, 0.6) is 0 Å². The largest absolute Gasteiger partial charge is 0.369 e. The number of anilines is 2. The zero-order valence-corrected chi connectivity index (χ0v) is 17.3. The van der Waals surface area contributed by atoms with E-state index in [-0.39, 0.29) is 17.7 Å². The average molecular weight is 416 g/mol. The molecule has 0 bridgehead atoms. The highest BCUT2D eigenvalue weighted by atomic mass is 16.1. The number of fused-ring (bicyclic) bond motifs is 3. The maximum absolute atomic E-state index is 12.7. The van der Waals surface area contributed by atoms with Gasteiger partial charge in [0.1, 0.15) is 11.7 Å². The van der Waals surface area contributed by atoms with Gasteiger partial charge in [-0.2, -0.15) is 0 Å². The van der Waals surface area contributed by atoms with Crippen molar-refractivity contribution >= 4 is 28.9 Å². The first-order chi connectivity index (χ1) is 15.1. The van der Waals surface area contributed by atoms with Gasteiger partial charge in [0.15, 0.2) is 5.78 Å². The van der Waals surface area contributed by atoms with E-state index in [2.05, 4.69) is 48.6 Å². The van der Waals surface area contributed by atoms with E-state index in [4.69, 9.17) is 0 Å². The fraction of sp³-hybridized carbons (Fsp3) is 0.304. The number of carbonyl (C=O) groups is 2. The molecular formula is C23H24N6O2. The van der Waals surface area contributed by atoms with Crippen molar-refractivity contribution < 1.29 is 9.59 Å². The molecule has 1 unspecified atom stereocenters. The summed E-state index contributed by atoms with van der Waals surface area (Å²) in [5.41, 5.74) is 3.60. The maximum Gasteiger partial charge on any atom is 0.217 e. The molecule has 1 saturated heterocycles. The molecule has 0 aliphatic carbocycles. The van der Waals surface area contributed by atoms with Gasteiger partial charge in [0.05, 0.1) is 12.2 Å². The average Bonchev–Trinajstić information content (AvgIpc) is 3.44. The Labute approximate surface area is 180 Å². The van der Waals surface area contributed by atoms with Crippen LogP contribution in [0.25, 0.3) is 0 Å². The molecule has 3 aliphatic heterocycles. The molecule has 1 fully saturated rings. The van der Waals surface area contributed by atoms with Gasteiger partial charge in [0.25, 0.3) is 0 Å². The van der Waals surface area contributed by atoms with Gasteiger partial charge in [0.2, 0.25) is 5.91 Å². The Kier molecular flexibility index (Phi) is 4.89. The standard InChI is InChI=1S/C23H24N6O2/c1-15(30)26-17-6-9-28(14-17)18-4-5-19-20(11-18)27-22(29-10-8-25-23(19)29)12-21(31)16-3-2-7-24-13-16/h2-5,7,11-13,17,27H,6,8-10,14H2,1H3,(H,26,30)/b22-12+. The van der Waals surface area contributed by atoms with Gasteiger partial charge >= 0.3 is 0 Å². The van der Waals surface area contributed by atoms with E-state index >= 15 is 0 Å². The van der Waals surface area contributed by atoms with Crippen molar-refractivity contribution in [1.82, 2.24) is 15.2 Å². The fourth-order valence-electron chi connectivity index (χ4n) is 4.38. The second kappa shape index (κ2) is 7.86. The Morgan fingerprint density at radius 1 is 1.26 bits per heavy atom. The number of allylic oxidation sites excluding steroid dienone is 1. The zero-order chi connectivity index (χ0) is 21.4. The third-order valence-corrected chi connectivity index (χ3v) is 5.81. The highest BCUT2D eigenvalue weighted by molar-refractivity contribution is 6.10. The van der Waals surface area contributed by atoms with Gasteiger partial charge in [-0.1, -0.05) is 0 Å². The van der Waals surface area contributed by atoms with Crippen LogP contribution < -0.4 is 15.5 Å². The first kappa shape index (κ1) is 19.3. The summed E-state index contributed by atoms with van der Waals surface area (Å²) >= 11 is 0. The Balaban J connectivity index is 1.42. The number of carbonyl (C=O) groups excluding carboxylic acids is 2. The lowest BCUT2D eigenvalue weighted by atomic mass is 10.1. The summed E-state index contributed by atoms with van der Waals surface area (Å²) in [5, 5.41) is 6.45. The molecular weight excluding hydrogens is 392 g/mol. The Hall–Kier alpha value is -3.68. The summed E-state index contributed by atoms with van der Waals surface area (Å²) < 4.78 is 0. The summed E-state index contributed by atoms with van der Waals surface area (Å²) in [5.74, 6) is 1.53. The van der Waals surface area contributed by atoms with Crippen LogP contribution >= 0.6 is 0 Å². The summed E-state index contributed by atoms with van der Waals surface area (Å²) in [4.78, 5) is 37.2. The molecule has 3 aliphatic rings. The van der Waals surface area contributed by atoms with E-state index in [9.17, 15) is 9.59 Å². The predicted molar refractivity (Wildman–Crippen MR) is 119 cm³/mol. The SMILES string of the molecule is CC(=O)NC1CCN(c2ccc3c(c2)N/C(=C\C(=O)c2cccnc2)N2CCN=C32)C1. The number of nitrogens with zero attached hydrogens (tertiary/aromatic N) is 4. The smallest absolute Gasteiger partial charge is 0.217 e. The lowest BCUT2D eigenvalue weighted by Gasteiger charge is -2.32. The second-order valence-corrected chi connectivity index (χ2v) is 7.98. The fourth-order valence-corrected chi connectivity index (χ4v) is 4.38. The van der Waals surface area contributed by atoms with Crippen LogP contribution in [-0.4, -0.2) is 59.6 Å². The number of amidine groups is 1. The summed E-state index contributed by atoms with van der Waals surface area (Å²) in [7, 11) is 0. The zero-order valence-electron chi connectivity index (χ0n) is 17.3. The van der Waals surface area contributed by atoms with Crippen molar-refractivity contribution in [1.29, 1.82) is 0 Å². The quantitative estimate of drug-likeness (QED) is 0.585. The van der Waals surface area contributed by atoms with Crippen molar-refractivity contribution in [2.24, 2.45) is 4.99 Å². The molecule has 1 aromatic carbocycles. The molecule has 8 heteroatoms. The normalized spacial score (nSPS) is 20.7. The van der Waals surface area contributed by atoms with Crippen LogP contribution in [-0.2, 0) is 4.79 Å². The van der Waals surface area contributed by atoms with Gasteiger partial charge in [-0.15, -0.1) is 0 Å². The van der Waals surface area contributed by atoms with E-state index in [0.717, 1.165) is 54.6 Å². The number of hydrogen-bond donors (Lipinski definition) is 2. The van der Waals surface area contributed by atoms with Crippen molar-refractivity contribution in [3.63, 3.8) is 0 Å². The molecule has 1 amide bonds. The van der Waals surface area contributed by atoms with Crippen LogP contribution in [0.2, 0.25) is 0 Å². The third-order valence-electron chi connectivity index (χ3n) is 5.81. The molecule has 31 heavy (non-hydrogen) atoms. The van der Waals surface area contributed by atoms with Crippen LogP contribution in [0.15, 0.2) is 59.6 Å². The predicted octanol–water partition coefficient (Wildman–Crippen LogP) is 2.01. The number of aliphatic imine (C=N–C) groups is 1. The molecule has 0 spiro atoms. The molecule has 0 radical (unpaired) electrons. The van der Waals surface area contributed by atoms with Crippen molar-refractivity contribution in [2.45, 2.75) is 19.4 Å². The van der Waals surface area contributed by atoms with E-state index in [1.165, 1.54) is 0 Å².